The van der Waals surface area contributed by atoms with Crippen LogP contribution in [-0.4, -0.2) is 96.6 Å². The maximum atomic E-state index is 13.1. The molecule has 5 aliphatic rings. The Balaban J connectivity index is 0.912. The van der Waals surface area contributed by atoms with Crippen molar-refractivity contribution >= 4 is 23.7 Å². The molecule has 4 saturated carbocycles. The highest BCUT2D eigenvalue weighted by molar-refractivity contribution is 6.04. The summed E-state index contributed by atoms with van der Waals surface area (Å²) >= 11 is 0. The standard InChI is InChI=1S/C60H102NO11/c1-59(44-70-57(64)34-31-51-24-12-6-13-25-51,41-53-40-54(53)55(62)33-30-50-22-10-5-11-23-50)42-68-47-66-38-17-16-36-61-37-18-29-56(63)71-45-60(2,46-72-58(65)35-32-52-26-14-7-15-27-52)43-69-48-67-39-19-28-49-20-8-3-4-9-21-49/h40,49-52,61H,3-39,41-48H2,1-2H3. The van der Waals surface area contributed by atoms with Gasteiger partial charge in [-0.25, -0.2) is 0 Å². The van der Waals surface area contributed by atoms with Crippen LogP contribution in [-0.2, 0) is 52.3 Å². The van der Waals surface area contributed by atoms with Crippen molar-refractivity contribution in [1.29, 1.82) is 0 Å². The lowest BCUT2D eigenvalue weighted by Crippen LogP contribution is -2.36. The average Bonchev–Trinajstić information content (AvgIpc) is 4.22. The van der Waals surface area contributed by atoms with E-state index >= 15 is 0 Å². The second-order valence-corrected chi connectivity index (χ2v) is 23.7. The molecule has 5 aliphatic carbocycles. The summed E-state index contributed by atoms with van der Waals surface area (Å²) in [6, 6.07) is 0. The number of Topliss-reactive ketones (excluding diaryl/α,β-unsaturated/α-hetero) is 1. The predicted molar refractivity (Wildman–Crippen MR) is 283 cm³/mol. The van der Waals surface area contributed by atoms with Gasteiger partial charge >= 0.3 is 17.9 Å². The Hall–Kier alpha value is -2.38. The Morgan fingerprint density at radius 1 is 0.458 bits per heavy atom. The number of hydrogen-bond donors (Lipinski definition) is 1. The van der Waals surface area contributed by atoms with Crippen molar-refractivity contribution in [2.45, 2.75) is 232 Å². The van der Waals surface area contributed by atoms with Gasteiger partial charge in [-0.2, -0.15) is 0 Å². The van der Waals surface area contributed by atoms with E-state index in [9.17, 15) is 19.2 Å². The quantitative estimate of drug-likeness (QED) is 0.0206. The Kier molecular flexibility index (Phi) is 30.1. The molecular formula is C60H102NO11. The first-order valence-corrected chi connectivity index (χ1v) is 29.7. The molecule has 4 fully saturated rings. The van der Waals surface area contributed by atoms with E-state index in [0.717, 1.165) is 62.5 Å². The number of ether oxygens (including phenoxy) is 7. The van der Waals surface area contributed by atoms with E-state index < -0.39 is 10.8 Å². The lowest BCUT2D eigenvalue weighted by Gasteiger charge is -2.29. The summed E-state index contributed by atoms with van der Waals surface area (Å²) in [4.78, 5) is 51.6. The van der Waals surface area contributed by atoms with Crippen molar-refractivity contribution < 1.29 is 52.3 Å². The molecule has 12 nitrogen and oxygen atoms in total. The number of unbranched alkanes of at least 4 members (excludes halogenated alkanes) is 1. The normalized spacial score (nSPS) is 20.5. The van der Waals surface area contributed by atoms with Gasteiger partial charge in [-0.3, -0.25) is 19.2 Å². The van der Waals surface area contributed by atoms with Crippen LogP contribution in [0.2, 0.25) is 0 Å². The lowest BCUT2D eigenvalue weighted by atomic mass is 9.84. The third-order valence-electron chi connectivity index (χ3n) is 16.4. The monoisotopic (exact) mass is 1010 g/mol. The lowest BCUT2D eigenvalue weighted by molar-refractivity contribution is -0.160. The number of allylic oxidation sites excluding steroid dienone is 2. The second-order valence-electron chi connectivity index (χ2n) is 23.7. The van der Waals surface area contributed by atoms with Crippen molar-refractivity contribution in [3.05, 3.63) is 17.6 Å². The van der Waals surface area contributed by atoms with Crippen LogP contribution < -0.4 is 5.32 Å². The van der Waals surface area contributed by atoms with Gasteiger partial charge in [0.05, 0.1) is 31.2 Å². The highest BCUT2D eigenvalue weighted by Crippen LogP contribution is 2.43. The van der Waals surface area contributed by atoms with Crippen LogP contribution in [0.1, 0.15) is 232 Å². The Morgan fingerprint density at radius 2 is 0.875 bits per heavy atom. The minimum Gasteiger partial charge on any atom is -0.465 e. The largest absolute Gasteiger partial charge is 0.465 e. The van der Waals surface area contributed by atoms with Gasteiger partial charge < -0.3 is 38.5 Å². The molecule has 0 aromatic rings. The first-order chi connectivity index (χ1) is 35.1. The molecule has 0 heterocycles. The van der Waals surface area contributed by atoms with Crippen LogP contribution in [0.3, 0.4) is 0 Å². The molecular weight excluding hydrogens is 911 g/mol. The van der Waals surface area contributed by atoms with E-state index in [1.807, 2.05) is 13.0 Å². The number of hydrogen-bond acceptors (Lipinski definition) is 12. The van der Waals surface area contributed by atoms with Gasteiger partial charge in [0.1, 0.15) is 32.6 Å². The Morgan fingerprint density at radius 3 is 1.40 bits per heavy atom. The summed E-state index contributed by atoms with van der Waals surface area (Å²) in [6.07, 6.45) is 38.9. The van der Waals surface area contributed by atoms with E-state index in [1.165, 1.54) is 141 Å². The maximum Gasteiger partial charge on any atom is 0.305 e. The zero-order chi connectivity index (χ0) is 51.0. The SMILES string of the molecule is CC(COCOCCCC1CCCCCC1)(COC(=O)CCCNCCCCOCOCC(C)(COC(=O)CCC1CCCCC1)CC1=C[C]1C(=O)CCC1CCCCC1)COC(=O)CCC1CCCCC1. The van der Waals surface area contributed by atoms with E-state index in [1.54, 1.807) is 0 Å². The summed E-state index contributed by atoms with van der Waals surface area (Å²) in [6.45, 7) is 8.18. The van der Waals surface area contributed by atoms with Gasteiger partial charge in [-0.05, 0) is 94.5 Å². The molecule has 413 valence electrons. The number of carbonyl (C=O) groups is 4. The maximum absolute atomic E-state index is 13.1. The fourth-order valence-corrected chi connectivity index (χ4v) is 11.7. The minimum atomic E-state index is -0.681. The fraction of sp³-hybridized carbons (Fsp3) is 0.883. The van der Waals surface area contributed by atoms with Crippen molar-refractivity contribution in [3.63, 3.8) is 0 Å². The number of esters is 3. The third-order valence-corrected chi connectivity index (χ3v) is 16.4. The van der Waals surface area contributed by atoms with Gasteiger partial charge in [0.25, 0.3) is 0 Å². The third kappa shape index (κ3) is 26.9. The molecule has 12 heteroatoms. The highest BCUT2D eigenvalue weighted by atomic mass is 16.7. The molecule has 2 unspecified atom stereocenters. The van der Waals surface area contributed by atoms with Gasteiger partial charge in [0.15, 0.2) is 0 Å². The van der Waals surface area contributed by atoms with Crippen LogP contribution >= 0.6 is 0 Å². The van der Waals surface area contributed by atoms with Crippen LogP contribution in [0.15, 0.2) is 11.6 Å². The fourth-order valence-electron chi connectivity index (χ4n) is 11.7. The van der Waals surface area contributed by atoms with Crippen molar-refractivity contribution in [1.82, 2.24) is 5.32 Å². The second kappa shape index (κ2) is 35.8. The number of ketones is 1. The molecule has 0 bridgehead atoms. The Labute approximate surface area is 437 Å². The van der Waals surface area contributed by atoms with Crippen molar-refractivity contribution in [3.8, 4) is 0 Å². The molecule has 1 radical (unpaired) electrons. The molecule has 1 N–H and O–H groups in total. The molecule has 0 aliphatic heterocycles. The number of nitrogens with one attached hydrogen (secondary N) is 1. The van der Waals surface area contributed by atoms with Crippen LogP contribution in [0.5, 0.6) is 0 Å². The summed E-state index contributed by atoms with van der Waals surface area (Å²) in [5.41, 5.74) is -0.0718. The average molecular weight is 1010 g/mol. The van der Waals surface area contributed by atoms with Crippen LogP contribution in [0.4, 0.5) is 0 Å². The smallest absolute Gasteiger partial charge is 0.305 e. The summed E-state index contributed by atoms with van der Waals surface area (Å²) in [5, 5.41) is 3.43. The molecule has 0 aromatic carbocycles. The van der Waals surface area contributed by atoms with E-state index in [2.05, 4.69) is 12.2 Å². The van der Waals surface area contributed by atoms with Crippen LogP contribution in [0, 0.1) is 40.4 Å². The van der Waals surface area contributed by atoms with Crippen LogP contribution in [0.25, 0.3) is 0 Å². The topological polar surface area (TPSA) is 145 Å². The van der Waals surface area contributed by atoms with E-state index in [-0.39, 0.29) is 63.7 Å². The first kappa shape index (κ1) is 60.5. The zero-order valence-electron chi connectivity index (χ0n) is 45.7. The zero-order valence-corrected chi connectivity index (χ0v) is 45.7. The van der Waals surface area contributed by atoms with Gasteiger partial charge in [0, 0.05) is 44.3 Å². The predicted octanol–water partition coefficient (Wildman–Crippen LogP) is 13.1. The molecule has 0 saturated heterocycles. The molecule has 0 amide bonds. The van der Waals surface area contributed by atoms with Crippen molar-refractivity contribution in [2.24, 2.45) is 34.5 Å². The molecule has 0 spiro atoms. The summed E-state index contributed by atoms with van der Waals surface area (Å²) < 4.78 is 41.1. The van der Waals surface area contributed by atoms with Gasteiger partial charge in [-0.1, -0.05) is 160 Å². The molecule has 2 atom stereocenters. The summed E-state index contributed by atoms with van der Waals surface area (Å²) in [5.74, 6) is 3.25. The highest BCUT2D eigenvalue weighted by Gasteiger charge is 2.39. The van der Waals surface area contributed by atoms with E-state index in [0.29, 0.717) is 82.6 Å². The van der Waals surface area contributed by atoms with Gasteiger partial charge in [-0.15, -0.1) is 0 Å². The molecule has 0 aromatic heterocycles. The number of rotatable bonds is 39. The minimum absolute atomic E-state index is 0.104. The Bertz CT molecular complexity index is 1530. The molecule has 72 heavy (non-hydrogen) atoms. The first-order valence-electron chi connectivity index (χ1n) is 29.7. The number of carbonyl (C=O) groups excluding carboxylic acids is 4. The van der Waals surface area contributed by atoms with E-state index in [4.69, 9.17) is 33.2 Å². The molecule has 5 rings (SSSR count). The van der Waals surface area contributed by atoms with Crippen molar-refractivity contribution in [2.75, 3.05) is 72.9 Å². The summed E-state index contributed by atoms with van der Waals surface area (Å²) in [7, 11) is 0. The van der Waals surface area contributed by atoms with Gasteiger partial charge in [0.2, 0.25) is 0 Å².